The van der Waals surface area contributed by atoms with E-state index in [9.17, 15) is 14.4 Å². The van der Waals surface area contributed by atoms with E-state index in [1.54, 1.807) is 34.9 Å². The topological polar surface area (TPSA) is 79.8 Å². The van der Waals surface area contributed by atoms with Crippen LogP contribution in [0.1, 0.15) is 50.2 Å². The number of anilines is 1. The Morgan fingerprint density at radius 3 is 2.59 bits per heavy atom. The SMILES string of the molecule is CCOC(=O)c1cccc(CN2CCN(c3nc(C)c(C(=O)CCc4ccccc4)s3)C2=O)c1. The van der Waals surface area contributed by atoms with Crippen molar-refractivity contribution in [1.82, 2.24) is 9.88 Å². The lowest BCUT2D eigenvalue weighted by atomic mass is 10.1. The fraction of sp³-hybridized carbons (Fsp3) is 0.308. The molecule has 2 aromatic carbocycles. The van der Waals surface area contributed by atoms with Gasteiger partial charge in [0.15, 0.2) is 10.9 Å². The molecule has 0 N–H and O–H groups in total. The summed E-state index contributed by atoms with van der Waals surface area (Å²) in [7, 11) is 0. The molecule has 2 amide bonds. The van der Waals surface area contributed by atoms with E-state index in [2.05, 4.69) is 4.98 Å². The minimum atomic E-state index is -0.374. The van der Waals surface area contributed by atoms with E-state index in [1.807, 2.05) is 43.3 Å². The molecule has 0 spiro atoms. The molecule has 0 aliphatic carbocycles. The largest absolute Gasteiger partial charge is 0.462 e. The Kier molecular flexibility index (Phi) is 7.37. The number of benzene rings is 2. The van der Waals surface area contributed by atoms with Crippen molar-refractivity contribution in [1.29, 1.82) is 0 Å². The van der Waals surface area contributed by atoms with Crippen LogP contribution in [0.2, 0.25) is 0 Å². The maximum atomic E-state index is 13.1. The first kappa shape index (κ1) is 23.6. The van der Waals surface area contributed by atoms with Gasteiger partial charge < -0.3 is 9.64 Å². The van der Waals surface area contributed by atoms with Crippen LogP contribution in [0.5, 0.6) is 0 Å². The van der Waals surface area contributed by atoms with Crippen LogP contribution in [0, 0.1) is 6.92 Å². The standard InChI is InChI=1S/C26H27N3O4S/c1-3-33-24(31)21-11-7-10-20(16-21)17-28-14-15-29(26(28)32)25-27-18(2)23(34-25)22(30)13-12-19-8-5-4-6-9-19/h4-11,16H,3,12-15,17H2,1-2H3. The molecular formula is C26H27N3O4S. The summed E-state index contributed by atoms with van der Waals surface area (Å²) in [5.41, 5.74) is 3.10. The Labute approximate surface area is 203 Å². The van der Waals surface area contributed by atoms with Crippen molar-refractivity contribution in [2.45, 2.75) is 33.2 Å². The number of amides is 2. The molecule has 8 heteroatoms. The first-order valence-electron chi connectivity index (χ1n) is 11.3. The Hall–Kier alpha value is -3.52. The first-order valence-corrected chi connectivity index (χ1v) is 12.1. The lowest BCUT2D eigenvalue weighted by Crippen LogP contribution is -2.31. The summed E-state index contributed by atoms with van der Waals surface area (Å²) >= 11 is 1.28. The third-order valence-electron chi connectivity index (χ3n) is 5.66. The van der Waals surface area contributed by atoms with Crippen molar-refractivity contribution >= 4 is 34.3 Å². The van der Waals surface area contributed by atoms with E-state index in [-0.39, 0.29) is 17.8 Å². The summed E-state index contributed by atoms with van der Waals surface area (Å²) in [6, 6.07) is 16.9. The van der Waals surface area contributed by atoms with Crippen LogP contribution in [0.4, 0.5) is 9.93 Å². The number of urea groups is 1. The normalized spacial score (nSPS) is 13.4. The molecule has 1 aliphatic rings. The zero-order valence-electron chi connectivity index (χ0n) is 19.3. The molecule has 3 aromatic rings. The number of carbonyl (C=O) groups is 3. The number of nitrogens with zero attached hydrogens (tertiary/aromatic N) is 3. The number of thiazole rings is 1. The van der Waals surface area contributed by atoms with Crippen molar-refractivity contribution in [3.05, 3.63) is 81.9 Å². The third-order valence-corrected chi connectivity index (χ3v) is 6.88. The summed E-state index contributed by atoms with van der Waals surface area (Å²) < 4.78 is 5.06. The van der Waals surface area contributed by atoms with E-state index < -0.39 is 0 Å². The molecule has 1 aliphatic heterocycles. The molecule has 7 nitrogen and oxygen atoms in total. The number of esters is 1. The van der Waals surface area contributed by atoms with Gasteiger partial charge in [0, 0.05) is 26.1 Å². The smallest absolute Gasteiger partial charge is 0.338 e. The zero-order valence-corrected chi connectivity index (χ0v) is 20.1. The highest BCUT2D eigenvalue weighted by Gasteiger charge is 2.32. The van der Waals surface area contributed by atoms with Gasteiger partial charge in [-0.2, -0.15) is 0 Å². The van der Waals surface area contributed by atoms with Gasteiger partial charge in [0.1, 0.15) is 0 Å². The fourth-order valence-corrected chi connectivity index (χ4v) is 4.96. The Morgan fingerprint density at radius 2 is 1.82 bits per heavy atom. The van der Waals surface area contributed by atoms with Gasteiger partial charge in [-0.05, 0) is 43.5 Å². The molecule has 0 saturated carbocycles. The summed E-state index contributed by atoms with van der Waals surface area (Å²) in [4.78, 5) is 46.4. The van der Waals surface area contributed by atoms with Crippen LogP contribution in [0.3, 0.4) is 0 Å². The first-order chi connectivity index (χ1) is 16.5. The van der Waals surface area contributed by atoms with Crippen LogP contribution in [-0.4, -0.2) is 47.4 Å². The molecule has 4 rings (SSSR count). The van der Waals surface area contributed by atoms with E-state index in [1.165, 1.54) is 11.3 Å². The number of hydrogen-bond acceptors (Lipinski definition) is 6. The van der Waals surface area contributed by atoms with Gasteiger partial charge in [-0.15, -0.1) is 0 Å². The Morgan fingerprint density at radius 1 is 1.06 bits per heavy atom. The minimum Gasteiger partial charge on any atom is -0.462 e. The van der Waals surface area contributed by atoms with Crippen molar-refractivity contribution in [2.75, 3.05) is 24.6 Å². The van der Waals surface area contributed by atoms with E-state index in [0.717, 1.165) is 11.1 Å². The van der Waals surface area contributed by atoms with Gasteiger partial charge in [0.25, 0.3) is 0 Å². The number of hydrogen-bond donors (Lipinski definition) is 0. The van der Waals surface area contributed by atoms with Gasteiger partial charge in [-0.1, -0.05) is 53.8 Å². The van der Waals surface area contributed by atoms with E-state index in [4.69, 9.17) is 4.74 Å². The van der Waals surface area contributed by atoms with Crippen molar-refractivity contribution in [3.8, 4) is 0 Å². The second-order valence-corrected chi connectivity index (χ2v) is 9.07. The van der Waals surface area contributed by atoms with E-state index in [0.29, 0.717) is 60.3 Å². The number of Topliss-reactive ketones (excluding diaryl/α,β-unsaturated/α-hetero) is 1. The Balaban J connectivity index is 1.40. The summed E-state index contributed by atoms with van der Waals surface area (Å²) in [6.07, 6.45) is 1.08. The van der Waals surface area contributed by atoms with Crippen LogP contribution < -0.4 is 4.90 Å². The molecule has 0 atom stereocenters. The van der Waals surface area contributed by atoms with Crippen molar-refractivity contribution < 1.29 is 19.1 Å². The molecule has 1 saturated heterocycles. The highest BCUT2D eigenvalue weighted by molar-refractivity contribution is 7.17. The second kappa shape index (κ2) is 10.6. The van der Waals surface area contributed by atoms with Gasteiger partial charge in [-0.3, -0.25) is 9.69 Å². The molecule has 1 aromatic heterocycles. The van der Waals surface area contributed by atoms with Gasteiger partial charge in [-0.25, -0.2) is 14.6 Å². The van der Waals surface area contributed by atoms with Gasteiger partial charge >= 0.3 is 12.0 Å². The average molecular weight is 478 g/mol. The number of ketones is 1. The summed E-state index contributed by atoms with van der Waals surface area (Å²) in [5.74, 6) is -0.328. The molecular weight excluding hydrogens is 450 g/mol. The quantitative estimate of drug-likeness (QED) is 0.324. The molecule has 34 heavy (non-hydrogen) atoms. The maximum absolute atomic E-state index is 13.1. The lowest BCUT2D eigenvalue weighted by molar-refractivity contribution is 0.0526. The third kappa shape index (κ3) is 5.34. The van der Waals surface area contributed by atoms with Crippen LogP contribution in [-0.2, 0) is 17.7 Å². The predicted octanol–water partition coefficient (Wildman–Crippen LogP) is 4.89. The highest BCUT2D eigenvalue weighted by Crippen LogP contribution is 2.30. The van der Waals surface area contributed by atoms with Crippen molar-refractivity contribution in [2.24, 2.45) is 0 Å². The van der Waals surface area contributed by atoms with E-state index >= 15 is 0 Å². The Bertz CT molecular complexity index is 1190. The average Bonchev–Trinajstić information content (AvgIpc) is 3.40. The highest BCUT2D eigenvalue weighted by atomic mass is 32.1. The predicted molar refractivity (Wildman–Crippen MR) is 131 cm³/mol. The van der Waals surface area contributed by atoms with Crippen LogP contribution in [0.25, 0.3) is 0 Å². The minimum absolute atomic E-state index is 0.0457. The molecule has 2 heterocycles. The fourth-order valence-electron chi connectivity index (χ4n) is 3.91. The molecule has 176 valence electrons. The molecule has 0 bridgehead atoms. The van der Waals surface area contributed by atoms with Gasteiger partial charge in [0.05, 0.1) is 22.7 Å². The van der Waals surface area contributed by atoms with Crippen LogP contribution >= 0.6 is 11.3 Å². The maximum Gasteiger partial charge on any atom is 0.338 e. The van der Waals surface area contributed by atoms with Crippen molar-refractivity contribution in [3.63, 3.8) is 0 Å². The summed E-state index contributed by atoms with van der Waals surface area (Å²) in [5, 5.41) is 0.549. The lowest BCUT2D eigenvalue weighted by Gasteiger charge is -2.17. The molecule has 1 fully saturated rings. The molecule has 0 radical (unpaired) electrons. The number of aryl methyl sites for hydroxylation is 2. The number of rotatable bonds is 9. The number of aromatic nitrogens is 1. The monoisotopic (exact) mass is 477 g/mol. The van der Waals surface area contributed by atoms with Gasteiger partial charge in [0.2, 0.25) is 0 Å². The van der Waals surface area contributed by atoms with Crippen LogP contribution in [0.15, 0.2) is 54.6 Å². The molecule has 0 unspecified atom stereocenters. The zero-order chi connectivity index (χ0) is 24.1. The summed E-state index contributed by atoms with van der Waals surface area (Å²) in [6.45, 7) is 5.32. The second-order valence-electron chi connectivity index (χ2n) is 8.10. The number of ether oxygens (including phenoxy) is 1. The number of carbonyl (C=O) groups excluding carboxylic acids is 3.